The zero-order chi connectivity index (χ0) is 24.9. The SMILES string of the molecule is Cc1ccc2c(Nc3ncnc(Nc4ccc(N=Nc5ccccc5)cc4)c3[N+](=O)[O-])cccc2n1. The average molecular weight is 477 g/mol. The molecule has 5 aromatic rings. The van der Waals surface area contributed by atoms with E-state index in [2.05, 4.69) is 35.8 Å². The summed E-state index contributed by atoms with van der Waals surface area (Å²) in [5.41, 5.74) is 4.03. The lowest BCUT2D eigenvalue weighted by molar-refractivity contribution is -0.383. The van der Waals surface area contributed by atoms with Crippen LogP contribution in [0, 0.1) is 17.0 Å². The number of azo groups is 1. The first-order valence-electron chi connectivity index (χ1n) is 11.0. The van der Waals surface area contributed by atoms with Crippen LogP contribution in [0.15, 0.2) is 101 Å². The number of nitro groups is 1. The Hall–Kier alpha value is -5.25. The first-order chi connectivity index (χ1) is 17.6. The lowest BCUT2D eigenvalue weighted by Crippen LogP contribution is -2.05. The van der Waals surface area contributed by atoms with Gasteiger partial charge in [-0.2, -0.15) is 10.2 Å². The molecule has 0 aliphatic carbocycles. The molecule has 0 bridgehead atoms. The number of fused-ring (bicyclic) bond motifs is 1. The van der Waals surface area contributed by atoms with Crippen molar-refractivity contribution in [2.75, 3.05) is 10.6 Å². The van der Waals surface area contributed by atoms with Crippen LogP contribution in [0.2, 0.25) is 0 Å². The fourth-order valence-corrected chi connectivity index (χ4v) is 3.59. The van der Waals surface area contributed by atoms with E-state index in [1.54, 1.807) is 24.3 Å². The Morgan fingerprint density at radius 2 is 1.47 bits per heavy atom. The van der Waals surface area contributed by atoms with Crippen LogP contribution in [0.4, 0.5) is 40.1 Å². The Bertz CT molecular complexity index is 1570. The molecule has 2 aromatic heterocycles. The predicted octanol–water partition coefficient (Wildman–Crippen LogP) is 7.14. The second-order valence-electron chi connectivity index (χ2n) is 7.83. The van der Waals surface area contributed by atoms with Gasteiger partial charge in [0.1, 0.15) is 6.33 Å². The van der Waals surface area contributed by atoms with Crippen molar-refractivity contribution in [3.8, 4) is 0 Å². The highest BCUT2D eigenvalue weighted by Gasteiger charge is 2.24. The van der Waals surface area contributed by atoms with Crippen molar-refractivity contribution in [1.82, 2.24) is 15.0 Å². The summed E-state index contributed by atoms with van der Waals surface area (Å²) in [6, 6.07) is 25.7. The lowest BCUT2D eigenvalue weighted by Gasteiger charge is -2.12. The number of aromatic nitrogens is 3. The molecule has 0 aliphatic rings. The Balaban J connectivity index is 1.40. The smallest absolute Gasteiger partial charge is 0.334 e. The van der Waals surface area contributed by atoms with Crippen molar-refractivity contribution < 1.29 is 4.92 Å². The highest BCUT2D eigenvalue weighted by Crippen LogP contribution is 2.35. The molecule has 5 rings (SSSR count). The van der Waals surface area contributed by atoms with Crippen molar-refractivity contribution in [3.63, 3.8) is 0 Å². The van der Waals surface area contributed by atoms with Crippen LogP contribution in [-0.2, 0) is 0 Å². The Labute approximate surface area is 206 Å². The fraction of sp³-hybridized carbons (Fsp3) is 0.0385. The number of pyridine rings is 1. The van der Waals surface area contributed by atoms with Crippen LogP contribution in [0.5, 0.6) is 0 Å². The minimum atomic E-state index is -0.513. The molecular weight excluding hydrogens is 456 g/mol. The van der Waals surface area contributed by atoms with Crippen molar-refractivity contribution >= 4 is 51.0 Å². The number of rotatable bonds is 7. The van der Waals surface area contributed by atoms with Gasteiger partial charge in [0.05, 0.1) is 21.8 Å². The number of nitrogens with zero attached hydrogens (tertiary/aromatic N) is 6. The molecule has 2 heterocycles. The molecule has 0 spiro atoms. The van der Waals surface area contributed by atoms with Gasteiger partial charge in [-0.05, 0) is 67.6 Å². The zero-order valence-electron chi connectivity index (χ0n) is 19.2. The first-order valence-corrected chi connectivity index (χ1v) is 11.0. The third-order valence-electron chi connectivity index (χ3n) is 5.30. The monoisotopic (exact) mass is 476 g/mol. The minimum absolute atomic E-state index is 0.0605. The molecule has 176 valence electrons. The molecule has 3 aromatic carbocycles. The number of hydrogen-bond donors (Lipinski definition) is 2. The van der Waals surface area contributed by atoms with Crippen molar-refractivity contribution in [3.05, 3.63) is 107 Å². The highest BCUT2D eigenvalue weighted by atomic mass is 16.6. The summed E-state index contributed by atoms with van der Waals surface area (Å²) in [5, 5.41) is 27.3. The molecule has 10 heteroatoms. The van der Waals surface area contributed by atoms with Crippen LogP contribution < -0.4 is 10.6 Å². The zero-order valence-corrected chi connectivity index (χ0v) is 19.2. The third-order valence-corrected chi connectivity index (χ3v) is 5.30. The van der Waals surface area contributed by atoms with Gasteiger partial charge in [-0.1, -0.05) is 24.3 Å². The standard InChI is InChI=1S/C26H20N8O2/c1-17-10-15-21-22(29-17)8-5-9-23(21)31-26-24(34(35)36)25(27-16-28-26)30-18-11-13-20(14-12-18)33-32-19-6-3-2-4-7-19/h2-16H,1H3,(H2,27,28,30,31). The Morgan fingerprint density at radius 1 is 0.778 bits per heavy atom. The van der Waals surface area contributed by atoms with Gasteiger partial charge in [0, 0.05) is 22.5 Å². The summed E-state index contributed by atoms with van der Waals surface area (Å²) in [4.78, 5) is 24.3. The number of anilines is 4. The van der Waals surface area contributed by atoms with E-state index in [0.29, 0.717) is 17.1 Å². The third kappa shape index (κ3) is 4.97. The van der Waals surface area contributed by atoms with Crippen molar-refractivity contribution in [1.29, 1.82) is 0 Å². The fourth-order valence-electron chi connectivity index (χ4n) is 3.59. The van der Waals surface area contributed by atoms with E-state index in [4.69, 9.17) is 0 Å². The normalized spacial score (nSPS) is 11.0. The molecule has 0 aliphatic heterocycles. The maximum absolute atomic E-state index is 12.0. The molecular formula is C26H20N8O2. The van der Waals surface area contributed by atoms with Crippen LogP contribution in [0.3, 0.4) is 0 Å². The Morgan fingerprint density at radius 3 is 2.19 bits per heavy atom. The van der Waals surface area contributed by atoms with Gasteiger partial charge in [-0.15, -0.1) is 0 Å². The maximum Gasteiger partial charge on any atom is 0.353 e. The largest absolute Gasteiger partial charge is 0.353 e. The maximum atomic E-state index is 12.0. The van der Waals surface area contributed by atoms with Gasteiger partial charge in [-0.25, -0.2) is 9.97 Å². The number of aryl methyl sites for hydroxylation is 1. The summed E-state index contributed by atoms with van der Waals surface area (Å²) < 4.78 is 0. The van der Waals surface area contributed by atoms with Gasteiger partial charge in [-0.3, -0.25) is 15.1 Å². The molecule has 36 heavy (non-hydrogen) atoms. The molecule has 0 fully saturated rings. The summed E-state index contributed by atoms with van der Waals surface area (Å²) in [5.74, 6) is 0.129. The molecule has 0 unspecified atom stereocenters. The molecule has 0 saturated heterocycles. The van der Waals surface area contributed by atoms with E-state index in [1.165, 1.54) is 6.33 Å². The molecule has 0 saturated carbocycles. The number of nitrogens with one attached hydrogen (secondary N) is 2. The van der Waals surface area contributed by atoms with Crippen molar-refractivity contribution in [2.24, 2.45) is 10.2 Å². The van der Waals surface area contributed by atoms with E-state index >= 15 is 0 Å². The van der Waals surface area contributed by atoms with Crippen molar-refractivity contribution in [2.45, 2.75) is 6.92 Å². The topological polar surface area (TPSA) is 131 Å². The van der Waals surface area contributed by atoms with E-state index in [-0.39, 0.29) is 17.3 Å². The summed E-state index contributed by atoms with van der Waals surface area (Å²) in [7, 11) is 0. The van der Waals surface area contributed by atoms with E-state index < -0.39 is 4.92 Å². The first kappa shape index (κ1) is 22.5. The van der Waals surface area contributed by atoms with Crippen LogP contribution in [0.25, 0.3) is 10.9 Å². The minimum Gasteiger partial charge on any atom is -0.334 e. The quantitative estimate of drug-likeness (QED) is 0.145. The average Bonchev–Trinajstić information content (AvgIpc) is 2.89. The van der Waals surface area contributed by atoms with Gasteiger partial charge in [0.25, 0.3) is 0 Å². The van der Waals surface area contributed by atoms with E-state index in [9.17, 15) is 10.1 Å². The molecule has 0 atom stereocenters. The predicted molar refractivity (Wildman–Crippen MR) is 139 cm³/mol. The molecule has 0 amide bonds. The number of hydrogen-bond acceptors (Lipinski definition) is 9. The van der Waals surface area contributed by atoms with Gasteiger partial charge >= 0.3 is 5.69 Å². The summed E-state index contributed by atoms with van der Waals surface area (Å²) >= 11 is 0. The van der Waals surface area contributed by atoms with E-state index in [1.807, 2.05) is 67.6 Å². The summed E-state index contributed by atoms with van der Waals surface area (Å²) in [6.45, 7) is 1.91. The van der Waals surface area contributed by atoms with Gasteiger partial charge in [0.15, 0.2) is 0 Å². The number of benzene rings is 3. The highest BCUT2D eigenvalue weighted by molar-refractivity contribution is 5.94. The van der Waals surface area contributed by atoms with E-state index in [0.717, 1.165) is 22.3 Å². The van der Waals surface area contributed by atoms with Crippen LogP contribution in [-0.4, -0.2) is 19.9 Å². The molecule has 10 nitrogen and oxygen atoms in total. The molecule has 2 N–H and O–H groups in total. The van der Waals surface area contributed by atoms with Gasteiger partial charge in [0.2, 0.25) is 11.6 Å². The summed E-state index contributed by atoms with van der Waals surface area (Å²) in [6.07, 6.45) is 1.27. The lowest BCUT2D eigenvalue weighted by atomic mass is 10.1. The van der Waals surface area contributed by atoms with Crippen LogP contribution >= 0.6 is 0 Å². The molecule has 0 radical (unpaired) electrons. The second-order valence-corrected chi connectivity index (χ2v) is 7.83. The second kappa shape index (κ2) is 9.94. The Kier molecular flexibility index (Phi) is 6.22. The van der Waals surface area contributed by atoms with Gasteiger partial charge < -0.3 is 10.6 Å². The van der Waals surface area contributed by atoms with Crippen LogP contribution in [0.1, 0.15) is 5.69 Å².